The Labute approximate surface area is 370 Å². The van der Waals surface area contributed by atoms with Crippen LogP contribution in [0.5, 0.6) is 0 Å². The van der Waals surface area contributed by atoms with Crippen molar-refractivity contribution in [3.63, 3.8) is 0 Å². The molecule has 8 rings (SSSR count). The normalized spacial score (nSPS) is 18.9. The Hall–Kier alpha value is -5.18. The Morgan fingerprint density at radius 1 is 0.903 bits per heavy atom. The lowest BCUT2D eigenvalue weighted by molar-refractivity contribution is -0.136. The molecule has 0 saturated carbocycles. The van der Waals surface area contributed by atoms with E-state index in [4.69, 9.17) is 16.6 Å². The number of para-hydroxylation sites is 1. The highest BCUT2D eigenvalue weighted by molar-refractivity contribution is 7.79. The summed E-state index contributed by atoms with van der Waals surface area (Å²) in [6.45, 7) is 14.3. The molecule has 324 valence electrons. The van der Waals surface area contributed by atoms with Gasteiger partial charge in [0.25, 0.3) is 5.91 Å². The van der Waals surface area contributed by atoms with Gasteiger partial charge in [0.05, 0.1) is 12.7 Å². The third-order valence-electron chi connectivity index (χ3n) is 12.7. The van der Waals surface area contributed by atoms with Crippen LogP contribution in [0.25, 0.3) is 0 Å². The molecule has 12 nitrogen and oxygen atoms in total. The van der Waals surface area contributed by atoms with Crippen LogP contribution in [0.3, 0.4) is 0 Å². The number of piperazine rings is 1. The SMILES string of the molecule is C=P(C)(C)c1ccccc1Nc1nc(Nc2cc(CC)c(N3CCC(N4CCN(CC#Cc5cccc6c5CN(C5CCC(=O)NC5=O)C6=O)CC4)CC3)cc2CC)ncc1Cl. The molecule has 1 aromatic heterocycles. The third kappa shape index (κ3) is 9.42. The van der Waals surface area contributed by atoms with Crippen LogP contribution in [0, 0.1) is 11.8 Å². The molecule has 1 unspecified atom stereocenters. The number of aromatic nitrogens is 2. The van der Waals surface area contributed by atoms with E-state index in [0.29, 0.717) is 47.9 Å². The van der Waals surface area contributed by atoms with E-state index in [9.17, 15) is 14.4 Å². The summed E-state index contributed by atoms with van der Waals surface area (Å²) in [6, 6.07) is 18.4. The zero-order chi connectivity index (χ0) is 43.5. The van der Waals surface area contributed by atoms with Gasteiger partial charge in [0.15, 0.2) is 5.82 Å². The number of fused-ring (bicyclic) bond motifs is 1. The minimum Gasteiger partial charge on any atom is -0.371 e. The van der Waals surface area contributed by atoms with Crippen LogP contribution in [-0.2, 0) is 29.0 Å². The minimum absolute atomic E-state index is 0.173. The number of piperidine rings is 2. The summed E-state index contributed by atoms with van der Waals surface area (Å²) in [5.74, 6) is 6.90. The van der Waals surface area contributed by atoms with Crippen LogP contribution in [0.2, 0.25) is 5.02 Å². The zero-order valence-electron chi connectivity index (χ0n) is 36.3. The van der Waals surface area contributed by atoms with Gasteiger partial charge in [-0.1, -0.05) is 74.7 Å². The number of anilines is 5. The second-order valence-electron chi connectivity index (χ2n) is 17.3. The van der Waals surface area contributed by atoms with Gasteiger partial charge in [0, 0.05) is 86.5 Å². The molecule has 0 bridgehead atoms. The predicted octanol–water partition coefficient (Wildman–Crippen LogP) is 6.48. The molecule has 14 heteroatoms. The number of aryl methyl sites for hydroxylation is 2. The zero-order valence-corrected chi connectivity index (χ0v) is 37.9. The van der Waals surface area contributed by atoms with E-state index in [1.54, 1.807) is 17.2 Å². The van der Waals surface area contributed by atoms with Gasteiger partial charge >= 0.3 is 0 Å². The molecule has 3 N–H and O–H groups in total. The molecule has 4 aliphatic heterocycles. The van der Waals surface area contributed by atoms with Crippen LogP contribution >= 0.6 is 18.5 Å². The second kappa shape index (κ2) is 18.7. The van der Waals surface area contributed by atoms with Gasteiger partial charge in [-0.25, -0.2) is 4.98 Å². The van der Waals surface area contributed by atoms with Crippen LogP contribution in [0.1, 0.15) is 72.1 Å². The summed E-state index contributed by atoms with van der Waals surface area (Å²) in [5, 5.41) is 11.0. The molecule has 3 fully saturated rings. The molecular weight excluding hydrogens is 817 g/mol. The van der Waals surface area contributed by atoms with E-state index < -0.39 is 18.8 Å². The minimum atomic E-state index is -1.54. The molecule has 3 aromatic carbocycles. The molecule has 3 amide bonds. The molecule has 0 radical (unpaired) electrons. The maximum atomic E-state index is 13.2. The fraction of sp³-hybridized carbons (Fsp3) is 0.417. The van der Waals surface area contributed by atoms with Crippen molar-refractivity contribution < 1.29 is 14.4 Å². The van der Waals surface area contributed by atoms with Gasteiger partial charge in [-0.2, -0.15) is 4.98 Å². The largest absolute Gasteiger partial charge is 0.371 e. The number of imide groups is 1. The van der Waals surface area contributed by atoms with Crippen molar-refractivity contribution >= 4 is 76.6 Å². The van der Waals surface area contributed by atoms with E-state index >= 15 is 0 Å². The number of nitrogens with one attached hydrogen (secondary N) is 3. The molecule has 4 aromatic rings. The van der Waals surface area contributed by atoms with Crippen molar-refractivity contribution in [2.45, 2.75) is 71.0 Å². The Morgan fingerprint density at radius 2 is 1.66 bits per heavy atom. The molecule has 4 aliphatic rings. The number of rotatable bonds is 11. The molecule has 1 atom stereocenters. The van der Waals surface area contributed by atoms with Crippen molar-refractivity contribution in [1.29, 1.82) is 0 Å². The van der Waals surface area contributed by atoms with Gasteiger partial charge in [0.2, 0.25) is 17.8 Å². The Morgan fingerprint density at radius 3 is 2.39 bits per heavy atom. The maximum absolute atomic E-state index is 13.2. The lowest BCUT2D eigenvalue weighted by Crippen LogP contribution is -2.53. The topological polar surface area (TPSA) is 126 Å². The van der Waals surface area contributed by atoms with Crippen LogP contribution in [-0.4, -0.2) is 120 Å². The van der Waals surface area contributed by atoms with Crippen LogP contribution < -0.4 is 26.2 Å². The average Bonchev–Trinajstić information content (AvgIpc) is 3.61. The standard InChI is InChI=1S/C48H57ClN9O3P/c1-6-32-29-42(33(7-2)28-40(32)52-48-50-30-38(49)45(54-48)51-39-15-8-9-16-43(39)62(3,4)5)57-22-19-35(20-23-57)56-26-24-55(25-27-56)21-11-13-34-12-10-14-36-37(34)31-58(47(36)61)41-17-18-44(59)53-46(41)60/h8-10,12,14-16,28-30,35,41H,3,6-7,17-27,31H2,1-2,4-5H3,(H,53,59,60)(H2,50,51,52,54). The van der Waals surface area contributed by atoms with Gasteiger partial charge in [-0.05, 0) is 97.8 Å². The van der Waals surface area contributed by atoms with Gasteiger partial charge < -0.3 is 20.4 Å². The fourth-order valence-electron chi connectivity index (χ4n) is 9.24. The summed E-state index contributed by atoms with van der Waals surface area (Å²) in [7, 11) is 0. The number of carbonyl (C=O) groups excluding carboxylic acids is 3. The third-order valence-corrected chi connectivity index (χ3v) is 14.7. The summed E-state index contributed by atoms with van der Waals surface area (Å²) < 4.78 is 0. The number of nitrogens with zero attached hydrogens (tertiary/aromatic N) is 6. The first-order valence-corrected chi connectivity index (χ1v) is 25.1. The first-order chi connectivity index (χ1) is 29.9. The van der Waals surface area contributed by atoms with Crippen molar-refractivity contribution in [1.82, 2.24) is 30.0 Å². The summed E-state index contributed by atoms with van der Waals surface area (Å²) in [4.78, 5) is 56.0. The average molecular weight is 874 g/mol. The molecule has 62 heavy (non-hydrogen) atoms. The van der Waals surface area contributed by atoms with Crippen LogP contribution in [0.4, 0.5) is 28.8 Å². The molecule has 5 heterocycles. The number of hydrogen-bond donors (Lipinski definition) is 3. The van der Waals surface area contributed by atoms with E-state index in [2.05, 4.69) is 99.2 Å². The van der Waals surface area contributed by atoms with Crippen molar-refractivity contribution in [3.8, 4) is 11.8 Å². The Balaban J connectivity index is 0.849. The van der Waals surface area contributed by atoms with E-state index in [0.717, 1.165) is 87.5 Å². The molecule has 3 saturated heterocycles. The predicted molar refractivity (Wildman–Crippen MR) is 253 cm³/mol. The van der Waals surface area contributed by atoms with E-state index in [1.165, 1.54) is 22.1 Å². The smallest absolute Gasteiger partial charge is 0.255 e. The monoisotopic (exact) mass is 873 g/mol. The maximum Gasteiger partial charge on any atom is 0.255 e. The number of hydrogen-bond acceptors (Lipinski definition) is 10. The highest BCUT2D eigenvalue weighted by Crippen LogP contribution is 2.39. The number of benzene rings is 3. The lowest BCUT2D eigenvalue weighted by atomic mass is 9.97. The van der Waals surface area contributed by atoms with Crippen molar-refractivity contribution in [2.75, 3.05) is 74.7 Å². The van der Waals surface area contributed by atoms with Gasteiger partial charge in [0.1, 0.15) is 11.1 Å². The second-order valence-corrected chi connectivity index (χ2v) is 21.5. The van der Waals surface area contributed by atoms with Crippen molar-refractivity contribution in [3.05, 3.63) is 93.6 Å². The van der Waals surface area contributed by atoms with E-state index in [1.807, 2.05) is 30.3 Å². The number of halogens is 1. The summed E-state index contributed by atoms with van der Waals surface area (Å²) in [6.07, 6.45) is 10.7. The fourth-order valence-corrected chi connectivity index (χ4v) is 10.7. The Kier molecular flexibility index (Phi) is 13.1. The molecular formula is C48H57ClN9O3P. The molecule has 0 aliphatic carbocycles. The summed E-state index contributed by atoms with van der Waals surface area (Å²) >= 11 is 6.62. The number of amides is 3. The van der Waals surface area contributed by atoms with Crippen LogP contribution in [0.15, 0.2) is 60.8 Å². The highest BCUT2D eigenvalue weighted by Gasteiger charge is 2.39. The highest BCUT2D eigenvalue weighted by atomic mass is 35.5. The van der Waals surface area contributed by atoms with Gasteiger partial charge in [-0.15, -0.1) is 0 Å². The quantitative estimate of drug-likeness (QED) is 0.0878. The van der Waals surface area contributed by atoms with E-state index in [-0.39, 0.29) is 18.2 Å². The summed E-state index contributed by atoms with van der Waals surface area (Å²) in [5.41, 5.74) is 8.11. The van der Waals surface area contributed by atoms with Gasteiger partial charge in [-0.3, -0.25) is 29.5 Å². The Bertz CT molecular complexity index is 2480. The van der Waals surface area contributed by atoms with Crippen molar-refractivity contribution in [2.24, 2.45) is 0 Å². The lowest BCUT2D eigenvalue weighted by Gasteiger charge is -2.43. The first-order valence-electron chi connectivity index (χ1n) is 21.9. The molecule has 0 spiro atoms. The number of carbonyl (C=O) groups is 3. The first kappa shape index (κ1) is 43.5.